The van der Waals surface area contributed by atoms with E-state index in [0.29, 0.717) is 27.6 Å². The van der Waals surface area contributed by atoms with Crippen molar-refractivity contribution in [3.05, 3.63) is 67.0 Å². The summed E-state index contributed by atoms with van der Waals surface area (Å²) in [5.74, 6) is 0.127. The lowest BCUT2D eigenvalue weighted by Crippen LogP contribution is -2.36. The third kappa shape index (κ3) is 4.85. The first kappa shape index (κ1) is 25.8. The number of nitrogens with one attached hydrogen (secondary N) is 2. The molecule has 196 valence electrons. The van der Waals surface area contributed by atoms with E-state index in [4.69, 9.17) is 5.73 Å². The second-order valence-electron chi connectivity index (χ2n) is 9.57. The molecular formula is C28H30N6O3S. The first-order chi connectivity index (χ1) is 18.2. The molecule has 0 spiro atoms. The zero-order chi connectivity index (χ0) is 27.0. The number of amides is 1. The smallest absolute Gasteiger partial charge is 0.250 e. The molecule has 2 heterocycles. The number of aryl methyl sites for hydroxylation is 1. The van der Waals surface area contributed by atoms with Gasteiger partial charge in [0.1, 0.15) is 28.8 Å². The fraction of sp³-hybridized carbons (Fsp3) is 0.250. The van der Waals surface area contributed by atoms with Crippen LogP contribution < -0.4 is 15.8 Å². The second-order valence-corrected chi connectivity index (χ2v) is 10.8. The second kappa shape index (κ2) is 10.5. The topological polar surface area (TPSA) is 135 Å². The first-order valence-corrected chi connectivity index (χ1v) is 13.5. The molecular weight excluding hydrogens is 500 g/mol. The molecule has 0 saturated heterocycles. The van der Waals surface area contributed by atoms with Gasteiger partial charge >= 0.3 is 0 Å². The number of nitrogen functional groups attached to an aromatic ring is 1. The summed E-state index contributed by atoms with van der Waals surface area (Å²) in [6.45, 7) is 5.34. The average molecular weight is 531 g/mol. The van der Waals surface area contributed by atoms with Gasteiger partial charge in [-0.2, -0.15) is 0 Å². The van der Waals surface area contributed by atoms with Gasteiger partial charge in [0.15, 0.2) is 0 Å². The summed E-state index contributed by atoms with van der Waals surface area (Å²) in [6, 6.07) is 14.8. The monoisotopic (exact) mass is 530 g/mol. The lowest BCUT2D eigenvalue weighted by Gasteiger charge is -2.16. The van der Waals surface area contributed by atoms with Crippen molar-refractivity contribution in [1.29, 1.82) is 0 Å². The molecule has 0 aliphatic heterocycles. The van der Waals surface area contributed by atoms with Crippen LogP contribution in [0.15, 0.2) is 71.9 Å². The molecule has 1 amide bonds. The van der Waals surface area contributed by atoms with Gasteiger partial charge in [0.25, 0.3) is 5.91 Å². The van der Waals surface area contributed by atoms with Crippen LogP contribution in [0, 0.1) is 0 Å². The Morgan fingerprint density at radius 1 is 1.11 bits per heavy atom. The molecule has 0 radical (unpaired) electrons. The Morgan fingerprint density at radius 3 is 2.42 bits per heavy atom. The van der Waals surface area contributed by atoms with E-state index in [1.165, 1.54) is 6.33 Å². The van der Waals surface area contributed by atoms with Crippen molar-refractivity contribution >= 4 is 39.4 Å². The van der Waals surface area contributed by atoms with Crippen LogP contribution in [0.4, 0.5) is 11.5 Å². The molecule has 10 heteroatoms. The minimum absolute atomic E-state index is 0.166. The fourth-order valence-electron chi connectivity index (χ4n) is 4.87. The lowest BCUT2D eigenvalue weighted by molar-refractivity contribution is -0.112. The predicted octanol–water partition coefficient (Wildman–Crippen LogP) is 3.92. The van der Waals surface area contributed by atoms with Crippen molar-refractivity contribution in [1.82, 2.24) is 19.3 Å². The van der Waals surface area contributed by atoms with E-state index in [-0.39, 0.29) is 11.9 Å². The summed E-state index contributed by atoms with van der Waals surface area (Å²) in [7, 11) is 0.479. The zero-order valence-electron chi connectivity index (χ0n) is 21.3. The van der Waals surface area contributed by atoms with Crippen molar-refractivity contribution in [3.63, 3.8) is 0 Å². The van der Waals surface area contributed by atoms with Gasteiger partial charge in [-0.25, -0.2) is 18.9 Å². The van der Waals surface area contributed by atoms with E-state index in [1.807, 2.05) is 60.1 Å². The van der Waals surface area contributed by atoms with Gasteiger partial charge in [-0.15, -0.1) is 0 Å². The van der Waals surface area contributed by atoms with Crippen molar-refractivity contribution in [2.45, 2.75) is 43.2 Å². The highest BCUT2D eigenvalue weighted by molar-refractivity contribution is 7.83. The van der Waals surface area contributed by atoms with Crippen molar-refractivity contribution in [2.75, 3.05) is 11.1 Å². The zero-order valence-corrected chi connectivity index (χ0v) is 22.1. The maximum Gasteiger partial charge on any atom is 0.250 e. The number of aliphatic hydroxyl groups excluding tert-OH is 1. The van der Waals surface area contributed by atoms with E-state index >= 15 is 0 Å². The van der Waals surface area contributed by atoms with Gasteiger partial charge in [-0.05, 0) is 61.6 Å². The molecule has 1 aliphatic carbocycles. The molecule has 2 aromatic heterocycles. The molecule has 2 aromatic carbocycles. The normalized spacial score (nSPS) is 18.0. The number of aromatic nitrogens is 3. The SMILES string of the molecule is C=C(C)C(=O)Nc1ccc(-c2c(-c3ccc(S(=O)NC4CCCC4O)cc3)c3c(N)ncnc3n2C)cc1. The highest BCUT2D eigenvalue weighted by Crippen LogP contribution is 2.41. The van der Waals surface area contributed by atoms with Gasteiger partial charge < -0.3 is 20.7 Å². The van der Waals surface area contributed by atoms with Crippen LogP contribution in [0.5, 0.6) is 0 Å². The molecule has 38 heavy (non-hydrogen) atoms. The quantitative estimate of drug-likeness (QED) is 0.268. The molecule has 3 atom stereocenters. The number of aliphatic hydroxyl groups is 1. The van der Waals surface area contributed by atoms with Crippen molar-refractivity contribution in [2.24, 2.45) is 7.05 Å². The summed E-state index contributed by atoms with van der Waals surface area (Å²) in [4.78, 5) is 21.4. The van der Waals surface area contributed by atoms with Crippen LogP contribution >= 0.6 is 0 Å². The number of anilines is 2. The Bertz CT molecular complexity index is 1550. The maximum atomic E-state index is 12.9. The Morgan fingerprint density at radius 2 is 1.79 bits per heavy atom. The number of hydrogen-bond donors (Lipinski definition) is 4. The molecule has 1 fully saturated rings. The number of hydrogen-bond acceptors (Lipinski definition) is 6. The molecule has 5 rings (SSSR count). The predicted molar refractivity (Wildman–Crippen MR) is 150 cm³/mol. The van der Waals surface area contributed by atoms with Crippen LogP contribution in [-0.2, 0) is 22.8 Å². The number of benzene rings is 2. The highest BCUT2D eigenvalue weighted by Gasteiger charge is 2.27. The third-order valence-electron chi connectivity index (χ3n) is 6.90. The largest absolute Gasteiger partial charge is 0.391 e. The summed E-state index contributed by atoms with van der Waals surface area (Å²) < 4.78 is 17.9. The number of nitrogens with two attached hydrogens (primary N) is 1. The van der Waals surface area contributed by atoms with Crippen LogP contribution in [0.25, 0.3) is 33.4 Å². The Hall–Kier alpha value is -3.86. The molecule has 5 N–H and O–H groups in total. The van der Waals surface area contributed by atoms with Gasteiger partial charge in [0.05, 0.1) is 22.1 Å². The average Bonchev–Trinajstić information content (AvgIpc) is 3.45. The van der Waals surface area contributed by atoms with Crippen LogP contribution in [0.1, 0.15) is 26.2 Å². The van der Waals surface area contributed by atoms with E-state index in [2.05, 4.69) is 26.6 Å². The van der Waals surface area contributed by atoms with Gasteiger partial charge in [-0.3, -0.25) is 4.79 Å². The summed E-state index contributed by atoms with van der Waals surface area (Å²) in [5, 5.41) is 13.6. The van der Waals surface area contributed by atoms with Crippen LogP contribution in [0.3, 0.4) is 0 Å². The molecule has 0 bridgehead atoms. The van der Waals surface area contributed by atoms with Crippen molar-refractivity contribution < 1.29 is 14.1 Å². The number of nitrogens with zero attached hydrogens (tertiary/aromatic N) is 3. The Labute approximate surface area is 223 Å². The van der Waals surface area contributed by atoms with E-state index < -0.39 is 17.1 Å². The van der Waals surface area contributed by atoms with Gasteiger partial charge in [0, 0.05) is 29.9 Å². The fourth-order valence-corrected chi connectivity index (χ4v) is 5.94. The first-order valence-electron chi connectivity index (χ1n) is 12.4. The Kier molecular flexibility index (Phi) is 7.11. The van der Waals surface area contributed by atoms with Gasteiger partial charge in [-0.1, -0.05) is 30.8 Å². The molecule has 4 aromatic rings. The minimum Gasteiger partial charge on any atom is -0.391 e. The Balaban J connectivity index is 1.54. The summed E-state index contributed by atoms with van der Waals surface area (Å²) in [6.07, 6.45) is 3.42. The molecule has 1 saturated carbocycles. The standard InChI is InChI=1S/C28H30N6O3S/c1-16(2)28(36)32-19-11-7-18(8-12-19)25-23(24-26(29)30-15-31-27(24)34(25)3)17-9-13-20(14-10-17)38(37)33-21-5-4-6-22(21)35/h7-15,21-22,33,35H,1,4-6H2,2-3H3,(H,32,36)(H2,29,30,31). The minimum atomic E-state index is -1.44. The summed E-state index contributed by atoms with van der Waals surface area (Å²) >= 11 is 0. The molecule has 1 aliphatic rings. The number of carbonyl (C=O) groups is 1. The third-order valence-corrected chi connectivity index (χ3v) is 8.11. The van der Waals surface area contributed by atoms with Gasteiger partial charge in [0.2, 0.25) is 0 Å². The number of fused-ring (bicyclic) bond motifs is 1. The number of carbonyl (C=O) groups excluding carboxylic acids is 1. The highest BCUT2D eigenvalue weighted by atomic mass is 32.2. The van der Waals surface area contributed by atoms with Crippen molar-refractivity contribution in [3.8, 4) is 22.4 Å². The van der Waals surface area contributed by atoms with E-state index in [1.54, 1.807) is 6.92 Å². The molecule has 9 nitrogen and oxygen atoms in total. The van der Waals surface area contributed by atoms with E-state index in [0.717, 1.165) is 47.0 Å². The maximum absolute atomic E-state index is 12.9. The lowest BCUT2D eigenvalue weighted by atomic mass is 9.98. The van der Waals surface area contributed by atoms with Crippen LogP contribution in [-0.4, -0.2) is 41.9 Å². The summed E-state index contributed by atoms with van der Waals surface area (Å²) in [5.41, 5.74) is 11.6. The number of rotatable bonds is 7. The molecule has 3 unspecified atom stereocenters. The van der Waals surface area contributed by atoms with E-state index in [9.17, 15) is 14.1 Å². The van der Waals surface area contributed by atoms with Crippen LogP contribution in [0.2, 0.25) is 0 Å².